The van der Waals surface area contributed by atoms with Crippen molar-refractivity contribution in [1.82, 2.24) is 9.21 Å². The largest absolute Gasteiger partial charge is 0.455 e. The number of aryl methyl sites for hydroxylation is 1. The highest BCUT2D eigenvalue weighted by Gasteiger charge is 2.24. The van der Waals surface area contributed by atoms with E-state index >= 15 is 0 Å². The molecule has 2 aromatic rings. The van der Waals surface area contributed by atoms with Crippen molar-refractivity contribution in [2.45, 2.75) is 24.8 Å². The van der Waals surface area contributed by atoms with Gasteiger partial charge in [0, 0.05) is 20.6 Å². The number of rotatable bonds is 9. The van der Waals surface area contributed by atoms with Crippen molar-refractivity contribution in [3.8, 4) is 0 Å². The maximum atomic E-state index is 13.0. The SMILES string of the molecule is CCc1ccc(CN(C)C(=O)COC(=O)CN(C)S(=O)(=O)c2ccc(F)cc2)cc1. The normalized spacial score (nSPS) is 11.4. The number of ether oxygens (including phenoxy) is 1. The molecule has 1 amide bonds. The standard InChI is InChI=1S/C21H25FN2O5S/c1-4-16-5-7-17(8-6-16)13-23(2)20(25)15-29-21(26)14-24(3)30(27,28)19-11-9-18(22)10-12-19/h5-12H,4,13-15H2,1-3H3. The summed E-state index contributed by atoms with van der Waals surface area (Å²) in [4.78, 5) is 25.4. The van der Waals surface area contributed by atoms with Gasteiger partial charge in [0.25, 0.3) is 5.91 Å². The second-order valence-corrected chi connectivity index (χ2v) is 8.84. The molecule has 7 nitrogen and oxygen atoms in total. The average Bonchev–Trinajstić information content (AvgIpc) is 2.72. The lowest BCUT2D eigenvalue weighted by molar-refractivity contribution is -0.151. The number of halogens is 1. The molecule has 0 aliphatic heterocycles. The zero-order valence-corrected chi connectivity index (χ0v) is 18.0. The molecule has 0 saturated carbocycles. The fourth-order valence-corrected chi connectivity index (χ4v) is 3.71. The second-order valence-electron chi connectivity index (χ2n) is 6.80. The van der Waals surface area contributed by atoms with E-state index in [-0.39, 0.29) is 4.90 Å². The molecular formula is C21H25FN2O5S. The molecule has 0 spiro atoms. The van der Waals surface area contributed by atoms with E-state index in [2.05, 4.69) is 6.92 Å². The van der Waals surface area contributed by atoms with E-state index in [9.17, 15) is 22.4 Å². The van der Waals surface area contributed by atoms with Crippen molar-refractivity contribution in [3.63, 3.8) is 0 Å². The molecule has 0 aromatic heterocycles. The monoisotopic (exact) mass is 436 g/mol. The Labute approximate surface area is 176 Å². The summed E-state index contributed by atoms with van der Waals surface area (Å²) in [5, 5.41) is 0. The smallest absolute Gasteiger partial charge is 0.321 e. The first-order chi connectivity index (χ1) is 14.1. The quantitative estimate of drug-likeness (QED) is 0.563. The number of hydrogen-bond acceptors (Lipinski definition) is 5. The molecule has 0 aliphatic rings. The molecule has 9 heteroatoms. The van der Waals surface area contributed by atoms with Gasteiger partial charge in [0.1, 0.15) is 12.4 Å². The number of carbonyl (C=O) groups is 2. The first kappa shape index (κ1) is 23.5. The Morgan fingerprint density at radius 3 is 2.10 bits per heavy atom. The molecule has 0 aliphatic carbocycles. The molecule has 0 unspecified atom stereocenters. The molecule has 0 N–H and O–H groups in total. The number of esters is 1. The predicted octanol–water partition coefficient (Wildman–Crippen LogP) is 2.21. The van der Waals surface area contributed by atoms with Gasteiger partial charge in [-0.2, -0.15) is 4.31 Å². The third kappa shape index (κ3) is 6.36. The Bertz CT molecular complexity index is 975. The van der Waals surface area contributed by atoms with E-state index in [4.69, 9.17) is 4.74 Å². The third-order valence-corrected chi connectivity index (χ3v) is 6.32. The Kier molecular flexibility index (Phi) is 8.08. The van der Waals surface area contributed by atoms with Gasteiger partial charge in [0.2, 0.25) is 10.0 Å². The van der Waals surface area contributed by atoms with Crippen LogP contribution in [0.15, 0.2) is 53.4 Å². The second kappa shape index (κ2) is 10.3. The minimum atomic E-state index is -3.98. The fraction of sp³-hybridized carbons (Fsp3) is 0.333. The van der Waals surface area contributed by atoms with Crippen molar-refractivity contribution < 1.29 is 27.1 Å². The topological polar surface area (TPSA) is 84.0 Å². The van der Waals surface area contributed by atoms with Crippen LogP contribution in [0.25, 0.3) is 0 Å². The Balaban J connectivity index is 1.85. The van der Waals surface area contributed by atoms with Gasteiger partial charge in [0.15, 0.2) is 6.61 Å². The summed E-state index contributed by atoms with van der Waals surface area (Å²) >= 11 is 0. The van der Waals surface area contributed by atoms with Gasteiger partial charge in [-0.25, -0.2) is 12.8 Å². The lowest BCUT2D eigenvalue weighted by Crippen LogP contribution is -2.35. The van der Waals surface area contributed by atoms with Crippen LogP contribution >= 0.6 is 0 Å². The van der Waals surface area contributed by atoms with Crippen LogP contribution in [0, 0.1) is 5.82 Å². The molecule has 0 atom stereocenters. The first-order valence-corrected chi connectivity index (χ1v) is 10.8. The van der Waals surface area contributed by atoms with Crippen molar-refractivity contribution in [1.29, 1.82) is 0 Å². The summed E-state index contributed by atoms with van der Waals surface area (Å²) in [5.74, 6) is -1.84. The zero-order valence-electron chi connectivity index (χ0n) is 17.2. The minimum Gasteiger partial charge on any atom is -0.455 e. The molecule has 30 heavy (non-hydrogen) atoms. The average molecular weight is 437 g/mol. The summed E-state index contributed by atoms with van der Waals surface area (Å²) in [7, 11) is -1.19. The Hall–Kier alpha value is -2.78. The number of likely N-dealkylation sites (N-methyl/N-ethyl adjacent to an activating group) is 2. The van der Waals surface area contributed by atoms with Gasteiger partial charge in [-0.3, -0.25) is 9.59 Å². The molecule has 2 rings (SSSR count). The predicted molar refractivity (Wildman–Crippen MR) is 109 cm³/mol. The van der Waals surface area contributed by atoms with Gasteiger partial charge in [-0.05, 0) is 41.8 Å². The van der Waals surface area contributed by atoms with Gasteiger partial charge in [0.05, 0.1) is 4.90 Å². The number of nitrogens with zero attached hydrogens (tertiary/aromatic N) is 2. The zero-order chi connectivity index (χ0) is 22.3. The molecule has 0 fully saturated rings. The summed E-state index contributed by atoms with van der Waals surface area (Å²) in [6.45, 7) is 1.35. The van der Waals surface area contributed by atoms with Crippen molar-refractivity contribution in [2.75, 3.05) is 27.2 Å². The van der Waals surface area contributed by atoms with Crippen LogP contribution in [0.2, 0.25) is 0 Å². The van der Waals surface area contributed by atoms with Crippen molar-refractivity contribution >= 4 is 21.9 Å². The molecule has 0 saturated heterocycles. The fourth-order valence-electron chi connectivity index (χ4n) is 2.59. The maximum Gasteiger partial charge on any atom is 0.321 e. The van der Waals surface area contributed by atoms with Crippen LogP contribution in [0.4, 0.5) is 4.39 Å². The van der Waals surface area contributed by atoms with Crippen molar-refractivity contribution in [2.24, 2.45) is 0 Å². The molecule has 0 heterocycles. The molecule has 0 radical (unpaired) electrons. The van der Waals surface area contributed by atoms with Gasteiger partial charge in [-0.15, -0.1) is 0 Å². The minimum absolute atomic E-state index is 0.149. The highest BCUT2D eigenvalue weighted by molar-refractivity contribution is 7.89. The Morgan fingerprint density at radius 1 is 0.967 bits per heavy atom. The highest BCUT2D eigenvalue weighted by Crippen LogP contribution is 2.14. The lowest BCUT2D eigenvalue weighted by Gasteiger charge is -2.19. The van der Waals surface area contributed by atoms with E-state index in [0.29, 0.717) is 6.54 Å². The first-order valence-electron chi connectivity index (χ1n) is 9.32. The van der Waals surface area contributed by atoms with Gasteiger partial charge in [-0.1, -0.05) is 31.2 Å². The summed E-state index contributed by atoms with van der Waals surface area (Å²) < 4.78 is 43.5. The van der Waals surface area contributed by atoms with E-state index in [1.54, 1.807) is 7.05 Å². The molecule has 162 valence electrons. The molecule has 0 bridgehead atoms. The van der Waals surface area contributed by atoms with Crippen LogP contribution in [0.5, 0.6) is 0 Å². The maximum absolute atomic E-state index is 13.0. The van der Waals surface area contributed by atoms with Gasteiger partial charge >= 0.3 is 5.97 Å². The van der Waals surface area contributed by atoms with Crippen molar-refractivity contribution in [3.05, 3.63) is 65.5 Å². The number of hydrogen-bond donors (Lipinski definition) is 0. The number of benzene rings is 2. The number of carbonyl (C=O) groups excluding carboxylic acids is 2. The number of sulfonamides is 1. The van der Waals surface area contributed by atoms with E-state index < -0.39 is 40.9 Å². The van der Waals surface area contributed by atoms with Gasteiger partial charge < -0.3 is 9.64 Å². The third-order valence-electron chi connectivity index (χ3n) is 4.51. The summed E-state index contributed by atoms with van der Waals surface area (Å²) in [6.07, 6.45) is 0.927. The Morgan fingerprint density at radius 2 is 1.53 bits per heavy atom. The highest BCUT2D eigenvalue weighted by atomic mass is 32.2. The van der Waals surface area contributed by atoms with E-state index in [0.717, 1.165) is 40.6 Å². The number of amides is 1. The molecule has 2 aromatic carbocycles. The molecular weight excluding hydrogens is 411 g/mol. The van der Waals surface area contributed by atoms with Crippen LogP contribution in [-0.2, 0) is 37.3 Å². The van der Waals surface area contributed by atoms with Crippen LogP contribution in [-0.4, -0.2) is 56.7 Å². The van der Waals surface area contributed by atoms with E-state index in [1.807, 2.05) is 24.3 Å². The van der Waals surface area contributed by atoms with Crippen LogP contribution in [0.3, 0.4) is 0 Å². The summed E-state index contributed by atoms with van der Waals surface area (Å²) in [6, 6.07) is 12.1. The van der Waals surface area contributed by atoms with Crippen LogP contribution in [0.1, 0.15) is 18.1 Å². The van der Waals surface area contributed by atoms with E-state index in [1.165, 1.54) is 17.5 Å². The summed E-state index contributed by atoms with van der Waals surface area (Å²) in [5.41, 5.74) is 2.14. The lowest BCUT2D eigenvalue weighted by atomic mass is 10.1. The van der Waals surface area contributed by atoms with Crippen LogP contribution < -0.4 is 0 Å².